The molecule has 19 heavy (non-hydrogen) atoms. The molecule has 2 N–H and O–H groups in total. The maximum atomic E-state index is 11.8. The summed E-state index contributed by atoms with van der Waals surface area (Å²) in [6, 6.07) is 7.93. The molecule has 0 aliphatic carbocycles. The van der Waals surface area contributed by atoms with Gasteiger partial charge in [0.2, 0.25) is 0 Å². The van der Waals surface area contributed by atoms with Crippen LogP contribution < -0.4 is 5.73 Å². The van der Waals surface area contributed by atoms with Crippen molar-refractivity contribution in [3.05, 3.63) is 29.8 Å². The van der Waals surface area contributed by atoms with E-state index in [2.05, 4.69) is 6.07 Å². The molecule has 1 heterocycles. The average Bonchev–Trinajstić information content (AvgIpc) is 2.20. The van der Waals surface area contributed by atoms with Crippen LogP contribution in [0.1, 0.15) is 26.3 Å². The Morgan fingerprint density at radius 3 is 2.68 bits per heavy atom. The topological polar surface area (TPSA) is 55.6 Å². The fourth-order valence-electron chi connectivity index (χ4n) is 2.23. The Kier molecular flexibility index (Phi) is 3.69. The highest BCUT2D eigenvalue weighted by molar-refractivity contribution is 5.69. The molecule has 0 unspecified atom stereocenters. The van der Waals surface area contributed by atoms with Gasteiger partial charge in [0, 0.05) is 18.8 Å². The molecule has 1 aromatic rings. The minimum atomic E-state index is -0.421. The van der Waals surface area contributed by atoms with Crippen molar-refractivity contribution in [1.29, 1.82) is 0 Å². The van der Waals surface area contributed by atoms with Crippen LogP contribution in [0.25, 0.3) is 0 Å². The van der Waals surface area contributed by atoms with Crippen LogP contribution in [0.3, 0.4) is 0 Å². The first-order chi connectivity index (χ1) is 8.83. The molecule has 0 aromatic heterocycles. The Morgan fingerprint density at radius 2 is 2.11 bits per heavy atom. The van der Waals surface area contributed by atoms with E-state index in [4.69, 9.17) is 10.5 Å². The molecule has 2 rings (SSSR count). The first-order valence-corrected chi connectivity index (χ1v) is 6.66. The second kappa shape index (κ2) is 5.11. The third-order valence-corrected chi connectivity index (χ3v) is 3.08. The first kappa shape index (κ1) is 13.7. The highest BCUT2D eigenvalue weighted by atomic mass is 16.6. The van der Waals surface area contributed by atoms with Crippen LogP contribution in [-0.2, 0) is 11.2 Å². The van der Waals surface area contributed by atoms with Crippen molar-refractivity contribution in [3.63, 3.8) is 0 Å². The van der Waals surface area contributed by atoms with E-state index in [-0.39, 0.29) is 6.09 Å². The minimum absolute atomic E-state index is 0.212. The molecular formula is C15H22N2O2. The number of anilines is 1. The molecule has 104 valence electrons. The van der Waals surface area contributed by atoms with Gasteiger partial charge in [-0.05, 0) is 50.8 Å². The molecule has 1 fully saturated rings. The molecule has 1 aliphatic rings. The number of benzene rings is 1. The lowest BCUT2D eigenvalue weighted by Gasteiger charge is -2.39. The van der Waals surface area contributed by atoms with Crippen LogP contribution >= 0.6 is 0 Å². The Hall–Kier alpha value is -1.71. The largest absolute Gasteiger partial charge is 0.444 e. The zero-order valence-corrected chi connectivity index (χ0v) is 11.8. The monoisotopic (exact) mass is 262 g/mol. The van der Waals surface area contributed by atoms with Crippen LogP contribution in [0.5, 0.6) is 0 Å². The Bertz CT molecular complexity index is 459. The normalized spacial score (nSPS) is 16.1. The molecular weight excluding hydrogens is 240 g/mol. The molecule has 1 amide bonds. The van der Waals surface area contributed by atoms with E-state index < -0.39 is 5.60 Å². The molecule has 0 radical (unpaired) electrons. The molecule has 1 aromatic carbocycles. The highest BCUT2D eigenvalue weighted by Crippen LogP contribution is 2.23. The lowest BCUT2D eigenvalue weighted by Crippen LogP contribution is -2.52. The van der Waals surface area contributed by atoms with Crippen molar-refractivity contribution in [2.24, 2.45) is 5.92 Å². The van der Waals surface area contributed by atoms with E-state index in [0.29, 0.717) is 5.92 Å². The second-order valence-corrected chi connectivity index (χ2v) is 6.20. The fraction of sp³-hybridized carbons (Fsp3) is 0.533. The first-order valence-electron chi connectivity index (χ1n) is 6.66. The van der Waals surface area contributed by atoms with Gasteiger partial charge in [0.25, 0.3) is 0 Å². The second-order valence-electron chi connectivity index (χ2n) is 6.20. The van der Waals surface area contributed by atoms with Crippen molar-refractivity contribution in [1.82, 2.24) is 4.90 Å². The van der Waals surface area contributed by atoms with Crippen molar-refractivity contribution < 1.29 is 9.53 Å². The van der Waals surface area contributed by atoms with Crippen LogP contribution in [0.2, 0.25) is 0 Å². The summed E-state index contributed by atoms with van der Waals surface area (Å²) in [6.07, 6.45) is 0.751. The summed E-state index contributed by atoms with van der Waals surface area (Å²) in [5.41, 5.74) is 7.36. The van der Waals surface area contributed by atoms with Crippen molar-refractivity contribution in [2.75, 3.05) is 18.8 Å². The molecule has 0 saturated carbocycles. The lowest BCUT2D eigenvalue weighted by atomic mass is 9.92. The van der Waals surface area contributed by atoms with E-state index in [0.717, 1.165) is 25.2 Å². The minimum Gasteiger partial charge on any atom is -0.444 e. The molecule has 0 bridgehead atoms. The number of nitrogens with zero attached hydrogens (tertiary/aromatic N) is 1. The summed E-state index contributed by atoms with van der Waals surface area (Å²) in [7, 11) is 0. The number of carbonyl (C=O) groups is 1. The Balaban J connectivity index is 1.79. The number of carbonyl (C=O) groups excluding carboxylic acids is 1. The number of amides is 1. The zero-order chi connectivity index (χ0) is 14.0. The van der Waals surface area contributed by atoms with E-state index >= 15 is 0 Å². The number of hydrogen-bond donors (Lipinski definition) is 1. The maximum absolute atomic E-state index is 11.8. The third-order valence-electron chi connectivity index (χ3n) is 3.08. The van der Waals surface area contributed by atoms with Gasteiger partial charge in [0.05, 0.1) is 0 Å². The zero-order valence-electron chi connectivity index (χ0n) is 11.8. The van der Waals surface area contributed by atoms with Gasteiger partial charge in [-0.2, -0.15) is 0 Å². The molecule has 4 heteroatoms. The average molecular weight is 262 g/mol. The van der Waals surface area contributed by atoms with Gasteiger partial charge in [-0.3, -0.25) is 0 Å². The van der Waals surface area contributed by atoms with Gasteiger partial charge in [-0.15, -0.1) is 0 Å². The lowest BCUT2D eigenvalue weighted by molar-refractivity contribution is -0.000877. The number of likely N-dealkylation sites (tertiary alicyclic amines) is 1. The predicted octanol–water partition coefficient (Wildman–Crippen LogP) is 2.68. The molecule has 1 saturated heterocycles. The highest BCUT2D eigenvalue weighted by Gasteiger charge is 2.33. The van der Waals surface area contributed by atoms with Crippen LogP contribution in [0, 0.1) is 5.92 Å². The van der Waals surface area contributed by atoms with Gasteiger partial charge in [-0.1, -0.05) is 12.1 Å². The van der Waals surface area contributed by atoms with E-state index in [1.165, 1.54) is 5.56 Å². The smallest absolute Gasteiger partial charge is 0.410 e. The number of nitrogens with two attached hydrogens (primary N) is 1. The maximum Gasteiger partial charge on any atom is 0.410 e. The third kappa shape index (κ3) is 3.88. The van der Waals surface area contributed by atoms with Crippen LogP contribution in [0.15, 0.2) is 24.3 Å². The van der Waals surface area contributed by atoms with Gasteiger partial charge < -0.3 is 15.4 Å². The molecule has 1 aliphatic heterocycles. The molecule has 0 spiro atoms. The van der Waals surface area contributed by atoms with Crippen molar-refractivity contribution in [2.45, 2.75) is 32.8 Å². The summed E-state index contributed by atoms with van der Waals surface area (Å²) >= 11 is 0. The van der Waals surface area contributed by atoms with Crippen molar-refractivity contribution >= 4 is 11.8 Å². The van der Waals surface area contributed by atoms with Crippen LogP contribution in [0.4, 0.5) is 10.5 Å². The quantitative estimate of drug-likeness (QED) is 0.834. The summed E-state index contributed by atoms with van der Waals surface area (Å²) in [5, 5.41) is 0. The van der Waals surface area contributed by atoms with Gasteiger partial charge in [0.15, 0.2) is 0 Å². The van der Waals surface area contributed by atoms with E-state index in [1.54, 1.807) is 4.90 Å². The van der Waals surface area contributed by atoms with Gasteiger partial charge >= 0.3 is 6.09 Å². The number of hydrogen-bond acceptors (Lipinski definition) is 3. The van der Waals surface area contributed by atoms with E-state index in [1.807, 2.05) is 39.0 Å². The van der Waals surface area contributed by atoms with Gasteiger partial charge in [-0.25, -0.2) is 4.79 Å². The molecule has 4 nitrogen and oxygen atoms in total. The number of rotatable bonds is 2. The fourth-order valence-corrected chi connectivity index (χ4v) is 2.23. The summed E-state index contributed by atoms with van der Waals surface area (Å²) in [4.78, 5) is 13.5. The SMILES string of the molecule is CC(C)(C)OC(=O)N1CC(Cc2cccc(N)c2)C1. The Labute approximate surface area is 114 Å². The van der Waals surface area contributed by atoms with Crippen molar-refractivity contribution in [3.8, 4) is 0 Å². The number of ether oxygens (including phenoxy) is 1. The standard InChI is InChI=1S/C15H22N2O2/c1-15(2,3)19-14(18)17-9-12(10-17)7-11-5-4-6-13(16)8-11/h4-6,8,12H,7,9-10,16H2,1-3H3. The predicted molar refractivity (Wildman–Crippen MR) is 75.9 cm³/mol. The van der Waals surface area contributed by atoms with Crippen LogP contribution in [-0.4, -0.2) is 29.7 Å². The summed E-state index contributed by atoms with van der Waals surface area (Å²) in [5.74, 6) is 0.509. The summed E-state index contributed by atoms with van der Waals surface area (Å²) < 4.78 is 5.33. The van der Waals surface area contributed by atoms with Gasteiger partial charge in [0.1, 0.15) is 5.60 Å². The van der Waals surface area contributed by atoms with E-state index in [9.17, 15) is 4.79 Å². The summed E-state index contributed by atoms with van der Waals surface area (Å²) in [6.45, 7) is 7.19. The molecule has 0 atom stereocenters. The number of nitrogen functional groups attached to an aromatic ring is 1. The Morgan fingerprint density at radius 1 is 1.42 bits per heavy atom.